The number of hydrogen-bond acceptors (Lipinski definition) is 4. The van der Waals surface area contributed by atoms with Gasteiger partial charge in [-0.15, -0.1) is 0 Å². The third-order valence-corrected chi connectivity index (χ3v) is 6.24. The molecule has 0 spiro atoms. The molecule has 0 N–H and O–H groups in total. The monoisotopic (exact) mass is 455 g/mol. The fraction of sp³-hybridized carbons (Fsp3) is 0.250. The second kappa shape index (κ2) is 10.00. The summed E-state index contributed by atoms with van der Waals surface area (Å²) in [7, 11) is 0. The van der Waals surface area contributed by atoms with E-state index in [1.54, 1.807) is 42.7 Å². The van der Waals surface area contributed by atoms with Gasteiger partial charge in [0.1, 0.15) is 11.6 Å². The van der Waals surface area contributed by atoms with E-state index >= 15 is 0 Å². The van der Waals surface area contributed by atoms with Gasteiger partial charge in [-0.3, -0.25) is 9.78 Å². The highest BCUT2D eigenvalue weighted by Gasteiger charge is 2.28. The lowest BCUT2D eigenvalue weighted by molar-refractivity contribution is 0.0697. The van der Waals surface area contributed by atoms with Gasteiger partial charge in [0.05, 0.1) is 12.1 Å². The molecule has 1 amide bonds. The summed E-state index contributed by atoms with van der Waals surface area (Å²) in [5.41, 5.74) is 2.98. The van der Waals surface area contributed by atoms with Crippen molar-refractivity contribution in [2.75, 3.05) is 13.1 Å². The summed E-state index contributed by atoms with van der Waals surface area (Å²) in [6.07, 6.45) is 6.28. The van der Waals surface area contributed by atoms with E-state index in [1.165, 1.54) is 11.6 Å². The molecule has 1 aliphatic rings. The molecule has 1 saturated heterocycles. The predicted molar refractivity (Wildman–Crippen MR) is 127 cm³/mol. The molecule has 5 nitrogen and oxygen atoms in total. The van der Waals surface area contributed by atoms with E-state index in [9.17, 15) is 9.18 Å². The Morgan fingerprint density at radius 3 is 2.71 bits per heavy atom. The fourth-order valence-electron chi connectivity index (χ4n) is 4.48. The van der Waals surface area contributed by atoms with E-state index < -0.39 is 0 Å². The van der Waals surface area contributed by atoms with Gasteiger partial charge in [-0.1, -0.05) is 48.5 Å². The average Bonchev–Trinajstić information content (AvgIpc) is 3.34. The van der Waals surface area contributed by atoms with Crippen LogP contribution in [0.25, 0.3) is 0 Å². The predicted octanol–water partition coefficient (Wildman–Crippen LogP) is 5.41. The Hall–Kier alpha value is -3.80. The minimum absolute atomic E-state index is 0.0436. The van der Waals surface area contributed by atoms with E-state index in [-0.39, 0.29) is 17.6 Å². The Kier molecular flexibility index (Phi) is 6.47. The highest BCUT2D eigenvalue weighted by molar-refractivity contribution is 5.94. The number of oxazole rings is 1. The van der Waals surface area contributed by atoms with Gasteiger partial charge in [0.2, 0.25) is 0 Å². The summed E-state index contributed by atoms with van der Waals surface area (Å²) in [4.78, 5) is 24.0. The second-order valence-corrected chi connectivity index (χ2v) is 8.72. The molecule has 2 aromatic heterocycles. The molecule has 0 radical (unpaired) electrons. The first-order chi connectivity index (χ1) is 16.7. The first-order valence-electron chi connectivity index (χ1n) is 11.6. The topological polar surface area (TPSA) is 59.2 Å². The minimum atomic E-state index is -0.266. The largest absolute Gasteiger partial charge is 0.445 e. The van der Waals surface area contributed by atoms with Crippen LogP contribution in [0.2, 0.25) is 0 Å². The number of halogens is 1. The van der Waals surface area contributed by atoms with Gasteiger partial charge in [-0.25, -0.2) is 9.37 Å². The van der Waals surface area contributed by atoms with Crippen molar-refractivity contribution < 1.29 is 13.6 Å². The summed E-state index contributed by atoms with van der Waals surface area (Å²) in [6, 6.07) is 20.3. The molecule has 2 aromatic carbocycles. The van der Waals surface area contributed by atoms with E-state index in [0.29, 0.717) is 48.6 Å². The van der Waals surface area contributed by atoms with Gasteiger partial charge in [-0.05, 0) is 42.2 Å². The molecular formula is C28H26FN3O2. The van der Waals surface area contributed by atoms with Gasteiger partial charge >= 0.3 is 0 Å². The van der Waals surface area contributed by atoms with Gasteiger partial charge < -0.3 is 9.32 Å². The van der Waals surface area contributed by atoms with E-state index in [0.717, 1.165) is 18.6 Å². The zero-order valence-electron chi connectivity index (χ0n) is 18.9. The molecule has 0 saturated carbocycles. The fourth-order valence-corrected chi connectivity index (χ4v) is 4.48. The van der Waals surface area contributed by atoms with Gasteiger partial charge in [0.25, 0.3) is 5.91 Å². The summed E-state index contributed by atoms with van der Waals surface area (Å²) in [5.74, 6) is 1.28. The molecule has 1 fully saturated rings. The number of aromatic nitrogens is 2. The molecular weight excluding hydrogens is 429 g/mol. The number of nitrogens with zero attached hydrogens (tertiary/aromatic N) is 3. The van der Waals surface area contributed by atoms with E-state index in [4.69, 9.17) is 4.42 Å². The molecule has 3 heterocycles. The maximum atomic E-state index is 14.0. The lowest BCUT2D eigenvalue weighted by Crippen LogP contribution is -2.39. The molecule has 6 heteroatoms. The molecule has 172 valence electrons. The minimum Gasteiger partial charge on any atom is -0.445 e. The highest BCUT2D eigenvalue weighted by Crippen LogP contribution is 2.28. The quantitative estimate of drug-likeness (QED) is 0.390. The van der Waals surface area contributed by atoms with Crippen LogP contribution in [0.5, 0.6) is 0 Å². The van der Waals surface area contributed by atoms with E-state index in [1.807, 2.05) is 23.1 Å². The molecule has 1 aliphatic heterocycles. The first kappa shape index (κ1) is 22.0. The van der Waals surface area contributed by atoms with Crippen molar-refractivity contribution in [3.63, 3.8) is 0 Å². The zero-order chi connectivity index (χ0) is 23.3. The van der Waals surface area contributed by atoms with Crippen molar-refractivity contribution in [3.8, 4) is 0 Å². The molecule has 5 rings (SSSR count). The Labute approximate surface area is 198 Å². The van der Waals surface area contributed by atoms with Gasteiger partial charge in [-0.2, -0.15) is 0 Å². The summed E-state index contributed by atoms with van der Waals surface area (Å²) < 4.78 is 20.1. The first-order valence-corrected chi connectivity index (χ1v) is 11.6. The van der Waals surface area contributed by atoms with Crippen molar-refractivity contribution in [1.82, 2.24) is 14.9 Å². The van der Waals surface area contributed by atoms with Crippen LogP contribution in [0.3, 0.4) is 0 Å². The van der Waals surface area contributed by atoms with Crippen molar-refractivity contribution in [3.05, 3.63) is 119 Å². The van der Waals surface area contributed by atoms with Crippen molar-refractivity contribution >= 4 is 5.91 Å². The number of hydrogen-bond donors (Lipinski definition) is 0. The number of piperidine rings is 1. The molecule has 34 heavy (non-hydrogen) atoms. The van der Waals surface area contributed by atoms with Crippen molar-refractivity contribution in [2.45, 2.75) is 31.6 Å². The number of carbonyl (C=O) groups excluding carboxylic acids is 1. The lowest BCUT2D eigenvalue weighted by Gasteiger charge is -2.31. The van der Waals surface area contributed by atoms with Crippen LogP contribution in [-0.4, -0.2) is 33.9 Å². The average molecular weight is 456 g/mol. The van der Waals surface area contributed by atoms with Crippen LogP contribution in [-0.2, 0) is 12.8 Å². The Bertz CT molecular complexity index is 1270. The number of benzene rings is 2. The van der Waals surface area contributed by atoms with Crippen molar-refractivity contribution in [2.24, 2.45) is 0 Å². The Balaban J connectivity index is 1.26. The molecule has 0 aliphatic carbocycles. The number of pyridine rings is 1. The smallest absolute Gasteiger partial charge is 0.253 e. The Morgan fingerprint density at radius 1 is 1.03 bits per heavy atom. The normalized spacial score (nSPS) is 15.9. The second-order valence-electron chi connectivity index (χ2n) is 8.72. The number of rotatable bonds is 6. The highest BCUT2D eigenvalue weighted by atomic mass is 19.1. The summed E-state index contributed by atoms with van der Waals surface area (Å²) in [6.45, 7) is 1.26. The summed E-state index contributed by atoms with van der Waals surface area (Å²) >= 11 is 0. The number of carbonyl (C=O) groups is 1. The van der Waals surface area contributed by atoms with Crippen molar-refractivity contribution in [1.29, 1.82) is 0 Å². The van der Waals surface area contributed by atoms with E-state index in [2.05, 4.69) is 22.1 Å². The van der Waals surface area contributed by atoms with Crippen LogP contribution in [0.15, 0.2) is 83.5 Å². The van der Waals surface area contributed by atoms with Crippen LogP contribution in [0, 0.1) is 5.82 Å². The van der Waals surface area contributed by atoms with Crippen LogP contribution >= 0.6 is 0 Å². The van der Waals surface area contributed by atoms with Gasteiger partial charge in [0, 0.05) is 43.4 Å². The molecule has 1 unspecified atom stereocenters. The molecule has 0 bridgehead atoms. The molecule has 4 aromatic rings. The Morgan fingerprint density at radius 2 is 1.85 bits per heavy atom. The summed E-state index contributed by atoms with van der Waals surface area (Å²) in [5, 5.41) is 0. The van der Waals surface area contributed by atoms with Gasteiger partial charge in [0.15, 0.2) is 5.89 Å². The maximum absolute atomic E-state index is 14.0. The number of likely N-dealkylation sites (tertiary alicyclic amines) is 1. The van der Waals surface area contributed by atoms with Crippen LogP contribution in [0.4, 0.5) is 4.39 Å². The van der Waals surface area contributed by atoms with Crippen LogP contribution in [0.1, 0.15) is 57.6 Å². The molecule has 1 atom stereocenters. The third-order valence-electron chi connectivity index (χ3n) is 6.24. The van der Waals surface area contributed by atoms with Crippen LogP contribution < -0.4 is 0 Å². The zero-order valence-corrected chi connectivity index (χ0v) is 18.9. The maximum Gasteiger partial charge on any atom is 0.253 e. The number of amides is 1. The SMILES string of the molecule is O=C(c1ccnc(Cc2ccccc2F)c1)N1CCCC(c2ncc(Cc3ccccc3)o2)C1. The standard InChI is InChI=1S/C28H26FN3O2/c29-26-11-5-4-9-21(26)16-24-17-22(12-13-30-24)28(33)32-14-6-10-23(19-32)27-31-18-25(34-27)15-20-7-2-1-3-8-20/h1-5,7-9,11-13,17-18,23H,6,10,14-16,19H2. The lowest BCUT2D eigenvalue weighted by atomic mass is 9.97. The third kappa shape index (κ3) is 5.06.